The number of hydrogen-bond acceptors (Lipinski definition) is 5. The van der Waals surface area contributed by atoms with Crippen molar-refractivity contribution in [3.63, 3.8) is 0 Å². The minimum Gasteiger partial charge on any atom is -0.454 e. The summed E-state index contributed by atoms with van der Waals surface area (Å²) in [5.74, 6) is 1.42. The second-order valence-electron chi connectivity index (χ2n) is 5.38. The smallest absolute Gasteiger partial charge is 0.231 e. The highest BCUT2D eigenvalue weighted by Gasteiger charge is 2.26. The van der Waals surface area contributed by atoms with E-state index in [9.17, 15) is 4.79 Å². The zero-order valence-corrected chi connectivity index (χ0v) is 12.5. The van der Waals surface area contributed by atoms with Crippen LogP contribution in [0.15, 0.2) is 12.1 Å². The standard InChI is InChI=1S/C14H16N2O3S/c1-4-14(2,3)12(17)16-13-15-8-5-9-10(19-7-18-9)6-11(8)20-13/h5-6H,4,7H2,1-3H3,(H,15,16,17). The first kappa shape index (κ1) is 13.2. The van der Waals surface area contributed by atoms with Gasteiger partial charge in [0.2, 0.25) is 12.7 Å². The molecule has 0 fully saturated rings. The fourth-order valence-electron chi connectivity index (χ4n) is 1.80. The lowest BCUT2D eigenvalue weighted by Gasteiger charge is -2.20. The molecule has 106 valence electrons. The number of nitrogens with one attached hydrogen (secondary N) is 1. The van der Waals surface area contributed by atoms with Gasteiger partial charge in [0.15, 0.2) is 16.6 Å². The van der Waals surface area contributed by atoms with Gasteiger partial charge in [-0.1, -0.05) is 32.1 Å². The zero-order chi connectivity index (χ0) is 14.3. The first-order chi connectivity index (χ1) is 9.49. The van der Waals surface area contributed by atoms with Crippen LogP contribution in [0.25, 0.3) is 10.2 Å². The molecule has 1 aromatic carbocycles. The van der Waals surface area contributed by atoms with Crippen molar-refractivity contribution in [1.82, 2.24) is 4.98 Å². The van der Waals surface area contributed by atoms with Crippen LogP contribution in [0, 0.1) is 5.41 Å². The summed E-state index contributed by atoms with van der Waals surface area (Å²) in [7, 11) is 0. The van der Waals surface area contributed by atoms with Crippen LogP contribution < -0.4 is 14.8 Å². The van der Waals surface area contributed by atoms with E-state index in [1.54, 1.807) is 0 Å². The number of benzene rings is 1. The zero-order valence-electron chi connectivity index (χ0n) is 11.6. The van der Waals surface area contributed by atoms with Crippen LogP contribution in [0.2, 0.25) is 0 Å². The van der Waals surface area contributed by atoms with E-state index in [1.807, 2.05) is 32.9 Å². The number of nitrogens with zero attached hydrogens (tertiary/aromatic N) is 1. The summed E-state index contributed by atoms with van der Waals surface area (Å²) >= 11 is 1.44. The molecule has 0 radical (unpaired) electrons. The number of hydrogen-bond donors (Lipinski definition) is 1. The average molecular weight is 292 g/mol. The predicted octanol–water partition coefficient (Wildman–Crippen LogP) is 3.40. The van der Waals surface area contributed by atoms with Gasteiger partial charge in [0.25, 0.3) is 0 Å². The van der Waals surface area contributed by atoms with E-state index < -0.39 is 5.41 Å². The minimum absolute atomic E-state index is 0.0147. The van der Waals surface area contributed by atoms with Crippen LogP contribution in [-0.2, 0) is 4.79 Å². The molecule has 0 atom stereocenters. The molecule has 1 aromatic heterocycles. The largest absolute Gasteiger partial charge is 0.454 e. The number of carbonyl (C=O) groups excluding carboxylic acids is 1. The third-order valence-corrected chi connectivity index (χ3v) is 4.54. The number of carbonyl (C=O) groups is 1. The summed E-state index contributed by atoms with van der Waals surface area (Å²) in [5.41, 5.74) is 0.412. The van der Waals surface area contributed by atoms with Gasteiger partial charge in [0.05, 0.1) is 10.2 Å². The van der Waals surface area contributed by atoms with Crippen molar-refractivity contribution in [2.24, 2.45) is 5.41 Å². The summed E-state index contributed by atoms with van der Waals surface area (Å²) in [5, 5.41) is 3.49. The Morgan fingerprint density at radius 3 is 2.80 bits per heavy atom. The van der Waals surface area contributed by atoms with Crippen molar-refractivity contribution in [3.8, 4) is 11.5 Å². The Morgan fingerprint density at radius 1 is 1.40 bits per heavy atom. The van der Waals surface area contributed by atoms with Gasteiger partial charge in [-0.15, -0.1) is 0 Å². The maximum absolute atomic E-state index is 12.1. The second-order valence-corrected chi connectivity index (χ2v) is 6.41. The van der Waals surface area contributed by atoms with E-state index in [2.05, 4.69) is 10.3 Å². The van der Waals surface area contributed by atoms with E-state index in [0.29, 0.717) is 10.9 Å². The molecule has 1 aliphatic heterocycles. The maximum atomic E-state index is 12.1. The first-order valence-electron chi connectivity index (χ1n) is 6.51. The van der Waals surface area contributed by atoms with E-state index in [1.165, 1.54) is 11.3 Å². The lowest BCUT2D eigenvalue weighted by molar-refractivity contribution is -0.124. The van der Waals surface area contributed by atoms with Gasteiger partial charge in [-0.2, -0.15) is 0 Å². The number of rotatable bonds is 3. The molecule has 2 aromatic rings. The number of anilines is 1. The molecular weight excluding hydrogens is 276 g/mol. The van der Waals surface area contributed by atoms with E-state index in [0.717, 1.165) is 22.4 Å². The van der Waals surface area contributed by atoms with Crippen molar-refractivity contribution < 1.29 is 14.3 Å². The van der Waals surface area contributed by atoms with Gasteiger partial charge in [0.1, 0.15) is 0 Å². The third kappa shape index (κ3) is 2.20. The highest BCUT2D eigenvalue weighted by atomic mass is 32.1. The molecule has 1 aliphatic rings. The molecule has 0 saturated carbocycles. The quantitative estimate of drug-likeness (QED) is 0.942. The van der Waals surface area contributed by atoms with Crippen LogP contribution in [0.4, 0.5) is 5.13 Å². The Bertz CT molecular complexity index is 637. The Kier molecular flexibility index (Phi) is 3.05. The molecule has 2 heterocycles. The summed E-state index contributed by atoms with van der Waals surface area (Å²) in [6, 6.07) is 3.74. The number of ether oxygens (including phenoxy) is 2. The molecular formula is C14H16N2O3S. The summed E-state index contributed by atoms with van der Waals surface area (Å²) in [6.07, 6.45) is 0.777. The van der Waals surface area contributed by atoms with Crippen LogP contribution >= 0.6 is 11.3 Å². The van der Waals surface area contributed by atoms with Gasteiger partial charge in [-0.05, 0) is 6.42 Å². The fraction of sp³-hybridized carbons (Fsp3) is 0.429. The van der Waals surface area contributed by atoms with Gasteiger partial charge in [-0.25, -0.2) is 4.98 Å². The molecule has 6 heteroatoms. The first-order valence-corrected chi connectivity index (χ1v) is 7.33. The average Bonchev–Trinajstić information content (AvgIpc) is 3.00. The summed E-state index contributed by atoms with van der Waals surface area (Å²) < 4.78 is 11.6. The number of aromatic nitrogens is 1. The lowest BCUT2D eigenvalue weighted by Crippen LogP contribution is -2.29. The fourth-order valence-corrected chi connectivity index (χ4v) is 2.67. The van der Waals surface area contributed by atoms with E-state index >= 15 is 0 Å². The predicted molar refractivity (Wildman–Crippen MR) is 78.4 cm³/mol. The number of fused-ring (bicyclic) bond motifs is 2. The Balaban J connectivity index is 1.89. The Labute approximate surface area is 120 Å². The van der Waals surface area contributed by atoms with Crippen LogP contribution in [-0.4, -0.2) is 17.7 Å². The van der Waals surface area contributed by atoms with Crippen LogP contribution in [0.1, 0.15) is 27.2 Å². The molecule has 3 rings (SSSR count). The molecule has 0 bridgehead atoms. The van der Waals surface area contributed by atoms with Gasteiger partial charge < -0.3 is 14.8 Å². The number of thiazole rings is 1. The van der Waals surface area contributed by atoms with Gasteiger partial charge in [0, 0.05) is 17.5 Å². The molecule has 0 spiro atoms. The monoisotopic (exact) mass is 292 g/mol. The third-order valence-electron chi connectivity index (χ3n) is 3.60. The highest BCUT2D eigenvalue weighted by Crippen LogP contribution is 2.39. The SMILES string of the molecule is CCC(C)(C)C(=O)Nc1nc2cc3c(cc2s1)OCO3. The molecule has 0 unspecified atom stereocenters. The molecule has 0 saturated heterocycles. The lowest BCUT2D eigenvalue weighted by atomic mass is 9.89. The van der Waals surface area contributed by atoms with E-state index in [-0.39, 0.29) is 12.7 Å². The van der Waals surface area contributed by atoms with Crippen molar-refractivity contribution in [3.05, 3.63) is 12.1 Å². The second kappa shape index (κ2) is 4.63. The summed E-state index contributed by atoms with van der Waals surface area (Å²) in [4.78, 5) is 16.6. The van der Waals surface area contributed by atoms with Crippen molar-refractivity contribution in [2.75, 3.05) is 12.1 Å². The number of amides is 1. The molecule has 5 nitrogen and oxygen atoms in total. The van der Waals surface area contributed by atoms with Gasteiger partial charge >= 0.3 is 0 Å². The Morgan fingerprint density at radius 2 is 2.10 bits per heavy atom. The topological polar surface area (TPSA) is 60.5 Å². The van der Waals surface area contributed by atoms with E-state index in [4.69, 9.17) is 9.47 Å². The Hall–Kier alpha value is -1.82. The molecule has 1 amide bonds. The minimum atomic E-state index is -0.397. The maximum Gasteiger partial charge on any atom is 0.231 e. The van der Waals surface area contributed by atoms with Crippen LogP contribution in [0.3, 0.4) is 0 Å². The molecule has 1 N–H and O–H groups in total. The van der Waals surface area contributed by atoms with Gasteiger partial charge in [-0.3, -0.25) is 4.79 Å². The van der Waals surface area contributed by atoms with Crippen molar-refractivity contribution in [2.45, 2.75) is 27.2 Å². The normalized spacial score (nSPS) is 13.8. The van der Waals surface area contributed by atoms with Crippen LogP contribution in [0.5, 0.6) is 11.5 Å². The summed E-state index contributed by atoms with van der Waals surface area (Å²) in [6.45, 7) is 6.09. The molecule has 0 aliphatic carbocycles. The van der Waals surface area contributed by atoms with Crippen molar-refractivity contribution >= 4 is 32.6 Å². The highest BCUT2D eigenvalue weighted by molar-refractivity contribution is 7.22. The van der Waals surface area contributed by atoms with Crippen molar-refractivity contribution in [1.29, 1.82) is 0 Å². The molecule has 20 heavy (non-hydrogen) atoms.